The van der Waals surface area contributed by atoms with Crippen LogP contribution in [0.5, 0.6) is 5.75 Å². The van der Waals surface area contributed by atoms with Gasteiger partial charge in [0.05, 0.1) is 0 Å². The molecule has 0 saturated carbocycles. The van der Waals surface area contributed by atoms with E-state index < -0.39 is 5.97 Å². The maximum Gasteiger partial charge on any atom is 0.333 e. The Labute approximate surface area is 128 Å². The van der Waals surface area contributed by atoms with Gasteiger partial charge in [0.15, 0.2) is 0 Å². The molecule has 1 aliphatic rings. The van der Waals surface area contributed by atoms with E-state index in [1.165, 1.54) is 6.92 Å². The first-order valence-electron chi connectivity index (χ1n) is 7.07. The third kappa shape index (κ3) is 2.37. The van der Waals surface area contributed by atoms with Gasteiger partial charge >= 0.3 is 11.9 Å². The highest BCUT2D eigenvalue weighted by molar-refractivity contribution is 5.97. The predicted octanol–water partition coefficient (Wildman–Crippen LogP) is 3.48. The van der Waals surface area contributed by atoms with Gasteiger partial charge in [0.25, 0.3) is 0 Å². The van der Waals surface area contributed by atoms with Crippen molar-refractivity contribution < 1.29 is 19.1 Å². The van der Waals surface area contributed by atoms with Crippen molar-refractivity contribution in [2.45, 2.75) is 26.4 Å². The maximum absolute atomic E-state index is 11.8. The standard InChI is InChI=1S/C18H16O4/c1-10(2)18(20)22-16-9-12-7-8-15(21-11(3)19)13-5-4-6-14(16)17(12)13/h4-8,16H,1,9H2,2-3H3. The van der Waals surface area contributed by atoms with Gasteiger partial charge in [0, 0.05) is 29.9 Å². The van der Waals surface area contributed by atoms with Crippen molar-refractivity contribution in [3.05, 3.63) is 53.6 Å². The molecule has 0 N–H and O–H groups in total. The highest BCUT2D eigenvalue weighted by atomic mass is 16.5. The van der Waals surface area contributed by atoms with Crippen LogP contribution >= 0.6 is 0 Å². The quantitative estimate of drug-likeness (QED) is 0.494. The summed E-state index contributed by atoms with van der Waals surface area (Å²) < 4.78 is 10.8. The lowest BCUT2D eigenvalue weighted by molar-refractivity contribution is -0.144. The molecule has 1 unspecified atom stereocenters. The monoisotopic (exact) mass is 296 g/mol. The molecule has 4 heteroatoms. The smallest absolute Gasteiger partial charge is 0.333 e. The van der Waals surface area contributed by atoms with Crippen molar-refractivity contribution in [1.82, 2.24) is 0 Å². The predicted molar refractivity (Wildman–Crippen MR) is 82.6 cm³/mol. The topological polar surface area (TPSA) is 52.6 Å². The molecule has 2 aromatic carbocycles. The molecule has 3 rings (SSSR count). The Morgan fingerprint density at radius 1 is 1.18 bits per heavy atom. The van der Waals surface area contributed by atoms with Crippen LogP contribution in [0.3, 0.4) is 0 Å². The summed E-state index contributed by atoms with van der Waals surface area (Å²) in [5.41, 5.74) is 2.40. The molecule has 2 aromatic rings. The second kappa shape index (κ2) is 5.30. The number of carbonyl (C=O) groups is 2. The van der Waals surface area contributed by atoms with E-state index in [2.05, 4.69) is 6.58 Å². The van der Waals surface area contributed by atoms with Gasteiger partial charge in [-0.05, 0) is 23.9 Å². The summed E-state index contributed by atoms with van der Waals surface area (Å²) in [6, 6.07) is 9.42. The zero-order valence-electron chi connectivity index (χ0n) is 12.5. The summed E-state index contributed by atoms with van der Waals surface area (Å²) in [6.07, 6.45) is 0.297. The van der Waals surface area contributed by atoms with Crippen LogP contribution in [0.2, 0.25) is 0 Å². The van der Waals surface area contributed by atoms with E-state index in [4.69, 9.17) is 9.47 Å². The first-order valence-corrected chi connectivity index (χ1v) is 7.07. The summed E-state index contributed by atoms with van der Waals surface area (Å²) in [4.78, 5) is 23.0. The van der Waals surface area contributed by atoms with Crippen LogP contribution in [0.15, 0.2) is 42.5 Å². The molecule has 1 atom stereocenters. The van der Waals surface area contributed by atoms with E-state index in [1.54, 1.807) is 13.0 Å². The minimum atomic E-state index is -0.394. The minimum absolute atomic E-state index is 0.324. The molecule has 0 fully saturated rings. The van der Waals surface area contributed by atoms with Gasteiger partial charge in [0.1, 0.15) is 11.9 Å². The lowest BCUT2D eigenvalue weighted by Gasteiger charge is -2.13. The molecule has 0 aromatic heterocycles. The Balaban J connectivity index is 2.06. The SMILES string of the molecule is C=C(C)C(=O)OC1Cc2ccc(OC(C)=O)c3cccc1c23. The van der Waals surface area contributed by atoms with Gasteiger partial charge in [-0.2, -0.15) is 0 Å². The van der Waals surface area contributed by atoms with Crippen LogP contribution in [-0.4, -0.2) is 11.9 Å². The number of rotatable bonds is 3. The van der Waals surface area contributed by atoms with Crippen LogP contribution < -0.4 is 4.74 Å². The summed E-state index contributed by atoms with van der Waals surface area (Å²) >= 11 is 0. The first-order chi connectivity index (χ1) is 10.5. The van der Waals surface area contributed by atoms with Crippen LogP contribution in [0.25, 0.3) is 10.8 Å². The molecular weight excluding hydrogens is 280 g/mol. The van der Waals surface area contributed by atoms with Crippen molar-refractivity contribution in [1.29, 1.82) is 0 Å². The molecule has 112 valence electrons. The fourth-order valence-electron chi connectivity index (χ4n) is 2.81. The van der Waals surface area contributed by atoms with Crippen molar-refractivity contribution in [3.8, 4) is 5.75 Å². The zero-order chi connectivity index (χ0) is 15.9. The number of esters is 2. The van der Waals surface area contributed by atoms with Gasteiger partial charge < -0.3 is 9.47 Å². The van der Waals surface area contributed by atoms with Crippen LogP contribution in [0, 0.1) is 0 Å². The highest BCUT2D eigenvalue weighted by Gasteiger charge is 2.28. The number of hydrogen-bond acceptors (Lipinski definition) is 4. The molecule has 0 heterocycles. The van der Waals surface area contributed by atoms with Gasteiger partial charge in [-0.3, -0.25) is 4.79 Å². The minimum Gasteiger partial charge on any atom is -0.454 e. The maximum atomic E-state index is 11.8. The van der Waals surface area contributed by atoms with Crippen LogP contribution in [0.4, 0.5) is 0 Å². The fourth-order valence-corrected chi connectivity index (χ4v) is 2.81. The third-order valence-electron chi connectivity index (χ3n) is 3.72. The third-order valence-corrected chi connectivity index (χ3v) is 3.72. The Kier molecular flexibility index (Phi) is 3.45. The second-order valence-electron chi connectivity index (χ2n) is 5.46. The van der Waals surface area contributed by atoms with Crippen molar-refractivity contribution >= 4 is 22.7 Å². The van der Waals surface area contributed by atoms with Gasteiger partial charge in [-0.1, -0.05) is 30.8 Å². The highest BCUT2D eigenvalue weighted by Crippen LogP contribution is 2.42. The van der Waals surface area contributed by atoms with Crippen molar-refractivity contribution in [3.63, 3.8) is 0 Å². The normalized spacial score (nSPS) is 15.6. The summed E-state index contributed by atoms with van der Waals surface area (Å²) in [6.45, 7) is 6.61. The molecule has 22 heavy (non-hydrogen) atoms. The Bertz CT molecular complexity index is 804. The largest absolute Gasteiger partial charge is 0.454 e. The Morgan fingerprint density at radius 2 is 1.95 bits per heavy atom. The van der Waals surface area contributed by atoms with E-state index in [0.29, 0.717) is 17.7 Å². The van der Waals surface area contributed by atoms with E-state index in [1.807, 2.05) is 24.3 Å². The second-order valence-corrected chi connectivity index (χ2v) is 5.46. The molecule has 4 nitrogen and oxygen atoms in total. The van der Waals surface area contributed by atoms with Gasteiger partial charge in [0.2, 0.25) is 0 Å². The lowest BCUT2D eigenvalue weighted by atomic mass is 10.0. The van der Waals surface area contributed by atoms with E-state index in [-0.39, 0.29) is 12.1 Å². The van der Waals surface area contributed by atoms with Crippen LogP contribution in [0.1, 0.15) is 31.1 Å². The summed E-state index contributed by atoms with van der Waals surface area (Å²) in [5, 5.41) is 1.86. The van der Waals surface area contributed by atoms with Crippen LogP contribution in [-0.2, 0) is 20.7 Å². The molecule has 0 aliphatic heterocycles. The number of hydrogen-bond donors (Lipinski definition) is 0. The molecular formula is C18H16O4. The molecule has 0 bridgehead atoms. The molecule has 0 amide bonds. The number of benzene rings is 2. The molecule has 1 aliphatic carbocycles. The first kappa shape index (κ1) is 14.3. The van der Waals surface area contributed by atoms with E-state index in [0.717, 1.165) is 21.9 Å². The summed E-state index contributed by atoms with van der Waals surface area (Å²) in [5.74, 6) is -0.223. The Morgan fingerprint density at radius 3 is 2.64 bits per heavy atom. The average molecular weight is 296 g/mol. The zero-order valence-corrected chi connectivity index (χ0v) is 12.5. The molecule has 0 radical (unpaired) electrons. The molecule has 0 saturated heterocycles. The number of carbonyl (C=O) groups excluding carboxylic acids is 2. The molecule has 0 spiro atoms. The lowest BCUT2D eigenvalue weighted by Crippen LogP contribution is -2.10. The average Bonchev–Trinajstić information content (AvgIpc) is 2.81. The number of ether oxygens (including phenoxy) is 2. The Hall–Kier alpha value is -2.62. The van der Waals surface area contributed by atoms with E-state index in [9.17, 15) is 9.59 Å². The fraction of sp³-hybridized carbons (Fsp3) is 0.222. The van der Waals surface area contributed by atoms with E-state index >= 15 is 0 Å². The summed E-state index contributed by atoms with van der Waals surface area (Å²) in [7, 11) is 0. The van der Waals surface area contributed by atoms with Crippen molar-refractivity contribution in [2.24, 2.45) is 0 Å². The van der Waals surface area contributed by atoms with Gasteiger partial charge in [-0.25, -0.2) is 4.79 Å². The van der Waals surface area contributed by atoms with Gasteiger partial charge in [-0.15, -0.1) is 0 Å². The van der Waals surface area contributed by atoms with Crippen molar-refractivity contribution in [2.75, 3.05) is 0 Å².